The van der Waals surface area contributed by atoms with Crippen molar-refractivity contribution in [1.82, 2.24) is 14.5 Å². The number of benzene rings is 1. The van der Waals surface area contributed by atoms with Crippen LogP contribution in [-0.2, 0) is 10.3 Å². The number of ether oxygens (including phenoxy) is 2. The maximum atomic E-state index is 13.4. The molecule has 1 unspecified atom stereocenters. The predicted molar refractivity (Wildman–Crippen MR) is 118 cm³/mol. The molecule has 0 aliphatic carbocycles. The summed E-state index contributed by atoms with van der Waals surface area (Å²) in [5.74, 6) is 1.63. The van der Waals surface area contributed by atoms with Gasteiger partial charge in [-0.1, -0.05) is 6.07 Å². The van der Waals surface area contributed by atoms with Gasteiger partial charge in [-0.2, -0.15) is 0 Å². The van der Waals surface area contributed by atoms with Crippen molar-refractivity contribution in [3.8, 4) is 11.6 Å². The number of amides is 1. The zero-order valence-corrected chi connectivity index (χ0v) is 17.8. The topological polar surface area (TPSA) is 59.8 Å². The number of fused-ring (bicyclic) bond motifs is 4. The molecule has 0 bridgehead atoms. The number of aromatic nitrogens is 2. The van der Waals surface area contributed by atoms with E-state index >= 15 is 0 Å². The van der Waals surface area contributed by atoms with Gasteiger partial charge in [0.05, 0.1) is 25.1 Å². The fourth-order valence-corrected chi connectivity index (χ4v) is 4.95. The summed E-state index contributed by atoms with van der Waals surface area (Å²) in [5, 5.41) is 0. The molecule has 160 valence electrons. The number of likely N-dealkylation sites (tertiary alicyclic amines) is 1. The van der Waals surface area contributed by atoms with Gasteiger partial charge in [0, 0.05) is 44.7 Å². The number of hydrogen-bond donors (Lipinski definition) is 0. The first kappa shape index (κ1) is 19.6. The highest BCUT2D eigenvalue weighted by molar-refractivity contribution is 5.95. The van der Waals surface area contributed by atoms with E-state index in [0.717, 1.165) is 30.2 Å². The second kappa shape index (κ2) is 7.74. The summed E-state index contributed by atoms with van der Waals surface area (Å²) in [6.07, 6.45) is 4.72. The summed E-state index contributed by atoms with van der Waals surface area (Å²) in [5.41, 5.74) is 2.55. The average Bonchev–Trinajstić information content (AvgIpc) is 3.48. The second-order valence-electron chi connectivity index (χ2n) is 7.99. The Morgan fingerprint density at radius 2 is 2.06 bits per heavy atom. The zero-order valence-electron chi connectivity index (χ0n) is 17.8. The van der Waals surface area contributed by atoms with E-state index in [9.17, 15) is 4.79 Å². The molecule has 3 aromatic rings. The van der Waals surface area contributed by atoms with Crippen molar-refractivity contribution < 1.29 is 14.3 Å². The summed E-state index contributed by atoms with van der Waals surface area (Å²) in [7, 11) is 3.33. The molecule has 1 amide bonds. The molecule has 0 saturated carbocycles. The molecule has 7 heteroatoms. The van der Waals surface area contributed by atoms with Gasteiger partial charge in [0.15, 0.2) is 5.82 Å². The van der Waals surface area contributed by atoms with Gasteiger partial charge in [-0.3, -0.25) is 4.79 Å². The van der Waals surface area contributed by atoms with Crippen LogP contribution in [-0.4, -0.2) is 60.8 Å². The monoisotopic (exact) mass is 418 g/mol. The van der Waals surface area contributed by atoms with Crippen molar-refractivity contribution in [1.29, 1.82) is 0 Å². The first-order valence-electron chi connectivity index (χ1n) is 10.5. The van der Waals surface area contributed by atoms with Crippen LogP contribution < -0.4 is 9.64 Å². The molecule has 31 heavy (non-hydrogen) atoms. The maximum Gasteiger partial charge on any atom is 0.254 e. The molecule has 0 N–H and O–H groups in total. The van der Waals surface area contributed by atoms with Gasteiger partial charge in [0.1, 0.15) is 11.3 Å². The zero-order chi connectivity index (χ0) is 21.4. The lowest BCUT2D eigenvalue weighted by atomic mass is 9.89. The number of hydrogen-bond acceptors (Lipinski definition) is 5. The number of carbonyl (C=O) groups is 1. The molecule has 5 rings (SSSR count). The van der Waals surface area contributed by atoms with Gasteiger partial charge in [-0.25, -0.2) is 4.98 Å². The van der Waals surface area contributed by atoms with Gasteiger partial charge in [-0.15, -0.1) is 0 Å². The molecular weight excluding hydrogens is 392 g/mol. The van der Waals surface area contributed by atoms with Gasteiger partial charge < -0.3 is 23.8 Å². The minimum Gasteiger partial charge on any atom is -0.497 e. The largest absolute Gasteiger partial charge is 0.497 e. The van der Waals surface area contributed by atoms with Crippen molar-refractivity contribution in [2.24, 2.45) is 0 Å². The Bertz CT molecular complexity index is 1110. The molecule has 1 atom stereocenters. The van der Waals surface area contributed by atoms with E-state index in [-0.39, 0.29) is 11.4 Å². The molecule has 4 heterocycles. The standard InChI is InChI=1S/C24H26N4O3/c1-30-15-14-28-20-8-4-11-25-22(20)27-12-5-9-21(27)24(28)10-13-26(17-24)23(29)18-6-3-7-19(16-18)31-2/h3-9,11-12,16H,10,13-15,17H2,1-2H3. The summed E-state index contributed by atoms with van der Waals surface area (Å²) in [4.78, 5) is 22.4. The Morgan fingerprint density at radius 1 is 1.16 bits per heavy atom. The molecule has 2 aliphatic heterocycles. The van der Waals surface area contributed by atoms with Gasteiger partial charge in [-0.05, 0) is 48.9 Å². The lowest BCUT2D eigenvalue weighted by molar-refractivity contribution is 0.0781. The van der Waals surface area contributed by atoms with Crippen LogP contribution in [0, 0.1) is 0 Å². The third-order valence-corrected chi connectivity index (χ3v) is 6.40. The molecule has 0 radical (unpaired) electrons. The normalized spacial score (nSPS) is 19.4. The summed E-state index contributed by atoms with van der Waals surface area (Å²) < 4.78 is 12.9. The summed E-state index contributed by atoms with van der Waals surface area (Å²) in [6.45, 7) is 2.60. The molecule has 1 aromatic carbocycles. The number of rotatable bonds is 5. The maximum absolute atomic E-state index is 13.4. The van der Waals surface area contributed by atoms with Crippen molar-refractivity contribution >= 4 is 11.6 Å². The fourth-order valence-electron chi connectivity index (χ4n) is 4.95. The minimum atomic E-state index is -0.327. The summed E-state index contributed by atoms with van der Waals surface area (Å²) >= 11 is 0. The number of methoxy groups -OCH3 is 2. The molecule has 7 nitrogen and oxygen atoms in total. The third-order valence-electron chi connectivity index (χ3n) is 6.40. The van der Waals surface area contributed by atoms with Crippen LogP contribution in [0.15, 0.2) is 60.9 Å². The number of pyridine rings is 1. The van der Waals surface area contributed by atoms with E-state index in [1.165, 1.54) is 0 Å². The van der Waals surface area contributed by atoms with Crippen LogP contribution in [0.5, 0.6) is 5.75 Å². The van der Waals surface area contributed by atoms with Gasteiger partial charge in [0.25, 0.3) is 5.91 Å². The smallest absolute Gasteiger partial charge is 0.254 e. The fraction of sp³-hybridized carbons (Fsp3) is 0.333. The van der Waals surface area contributed by atoms with Crippen LogP contribution in [0.25, 0.3) is 5.82 Å². The van der Waals surface area contributed by atoms with E-state index in [1.807, 2.05) is 35.4 Å². The lowest BCUT2D eigenvalue weighted by Gasteiger charge is -2.47. The Kier molecular flexibility index (Phi) is 4.90. The van der Waals surface area contributed by atoms with E-state index in [4.69, 9.17) is 9.47 Å². The number of anilines is 1. The molecule has 1 fully saturated rings. The quantitative estimate of drug-likeness (QED) is 0.637. The minimum absolute atomic E-state index is 0.0255. The van der Waals surface area contributed by atoms with Crippen LogP contribution in [0.2, 0.25) is 0 Å². The van der Waals surface area contributed by atoms with Crippen molar-refractivity contribution in [2.45, 2.75) is 12.0 Å². The van der Waals surface area contributed by atoms with E-state index in [2.05, 4.69) is 38.8 Å². The van der Waals surface area contributed by atoms with E-state index in [1.54, 1.807) is 20.3 Å². The molecule has 2 aliphatic rings. The number of nitrogens with zero attached hydrogens (tertiary/aromatic N) is 4. The van der Waals surface area contributed by atoms with Gasteiger partial charge in [0.2, 0.25) is 0 Å². The van der Waals surface area contributed by atoms with Crippen LogP contribution >= 0.6 is 0 Å². The Labute approximate surface area is 181 Å². The first-order chi connectivity index (χ1) is 15.2. The lowest BCUT2D eigenvalue weighted by Crippen LogP contribution is -2.53. The highest BCUT2D eigenvalue weighted by atomic mass is 16.5. The van der Waals surface area contributed by atoms with Crippen molar-refractivity contribution in [3.05, 3.63) is 72.2 Å². The van der Waals surface area contributed by atoms with Crippen LogP contribution in [0.1, 0.15) is 22.5 Å². The van der Waals surface area contributed by atoms with E-state index < -0.39 is 0 Å². The van der Waals surface area contributed by atoms with Crippen LogP contribution in [0.4, 0.5) is 5.69 Å². The SMILES string of the molecule is COCCN1c2cccnc2-n2cccc2C12CCN(C(=O)c1cccc(OC)c1)C2. The molecule has 2 aromatic heterocycles. The highest BCUT2D eigenvalue weighted by Gasteiger charge is 2.50. The second-order valence-corrected chi connectivity index (χ2v) is 7.99. The summed E-state index contributed by atoms with van der Waals surface area (Å²) in [6, 6.07) is 15.6. The van der Waals surface area contributed by atoms with Crippen LogP contribution in [0.3, 0.4) is 0 Å². The van der Waals surface area contributed by atoms with Gasteiger partial charge >= 0.3 is 0 Å². The average molecular weight is 418 g/mol. The van der Waals surface area contributed by atoms with E-state index in [0.29, 0.717) is 31.0 Å². The predicted octanol–water partition coefficient (Wildman–Crippen LogP) is 3.09. The Balaban J connectivity index is 1.54. The Morgan fingerprint density at radius 3 is 2.90 bits per heavy atom. The highest BCUT2D eigenvalue weighted by Crippen LogP contribution is 2.47. The molecule has 1 saturated heterocycles. The molecular formula is C24H26N4O3. The third kappa shape index (κ3) is 3.08. The Hall–Kier alpha value is -3.32. The first-order valence-corrected chi connectivity index (χ1v) is 10.5. The van der Waals surface area contributed by atoms with Crippen molar-refractivity contribution in [2.75, 3.05) is 45.4 Å². The number of carbonyl (C=O) groups excluding carboxylic acids is 1. The van der Waals surface area contributed by atoms with Crippen molar-refractivity contribution in [3.63, 3.8) is 0 Å². The molecule has 1 spiro atoms.